The maximum Gasteiger partial charge on any atom is 0.240 e. The lowest BCUT2D eigenvalue weighted by Crippen LogP contribution is -2.53. The molecule has 1 aliphatic heterocycles. The third-order valence-corrected chi connectivity index (χ3v) is 4.00. The molecule has 0 aromatic heterocycles. The van der Waals surface area contributed by atoms with Gasteiger partial charge >= 0.3 is 0 Å². The van der Waals surface area contributed by atoms with Crippen LogP contribution < -0.4 is 5.32 Å². The first-order valence-corrected chi connectivity index (χ1v) is 6.97. The Kier molecular flexibility index (Phi) is 4.80. The highest BCUT2D eigenvalue weighted by Crippen LogP contribution is 2.25. The van der Waals surface area contributed by atoms with Crippen LogP contribution in [0.25, 0.3) is 0 Å². The molecule has 1 saturated heterocycles. The Hall–Kier alpha value is -0.610. The first kappa shape index (κ1) is 12.8. The van der Waals surface area contributed by atoms with E-state index in [1.54, 1.807) is 0 Å². The highest BCUT2D eigenvalue weighted by molar-refractivity contribution is 5.82. The maximum atomic E-state index is 12.4. The Morgan fingerprint density at radius 1 is 1.18 bits per heavy atom. The molecule has 1 saturated carbocycles. The minimum absolute atomic E-state index is 0.00958. The molecule has 2 N–H and O–H groups in total. The van der Waals surface area contributed by atoms with Crippen LogP contribution in [0.15, 0.2) is 0 Å². The van der Waals surface area contributed by atoms with Crippen molar-refractivity contribution in [1.29, 1.82) is 0 Å². The Balaban J connectivity index is 1.93. The summed E-state index contributed by atoms with van der Waals surface area (Å²) in [6, 6.07) is 0.379. The van der Waals surface area contributed by atoms with Crippen LogP contribution in [-0.2, 0) is 4.79 Å². The van der Waals surface area contributed by atoms with E-state index in [4.69, 9.17) is 5.11 Å². The average Bonchev–Trinajstić information content (AvgIpc) is 2.53. The Bertz CT molecular complexity index is 246. The van der Waals surface area contributed by atoms with Gasteiger partial charge in [0.2, 0.25) is 5.91 Å². The van der Waals surface area contributed by atoms with Crippen molar-refractivity contribution in [2.75, 3.05) is 19.7 Å². The molecule has 4 heteroatoms. The molecule has 4 nitrogen and oxygen atoms in total. The third-order valence-electron chi connectivity index (χ3n) is 4.00. The fourth-order valence-corrected chi connectivity index (χ4v) is 2.72. The molecule has 1 atom stereocenters. The zero-order valence-electron chi connectivity index (χ0n) is 10.5. The molecule has 98 valence electrons. The second-order valence-electron chi connectivity index (χ2n) is 5.20. The predicted octanol–water partition coefficient (Wildman–Crippen LogP) is 0.892. The van der Waals surface area contributed by atoms with Gasteiger partial charge < -0.3 is 15.3 Å². The molecule has 2 fully saturated rings. The molecular formula is C13H24N2O2. The summed E-state index contributed by atoms with van der Waals surface area (Å²) in [5.41, 5.74) is 0. The summed E-state index contributed by atoms with van der Waals surface area (Å²) in [5, 5.41) is 12.4. The number of aliphatic hydroxyl groups excluding tert-OH is 1. The smallest absolute Gasteiger partial charge is 0.240 e. The number of hydrogen-bond donors (Lipinski definition) is 2. The fraction of sp³-hybridized carbons (Fsp3) is 0.923. The van der Waals surface area contributed by atoms with Gasteiger partial charge in [0.25, 0.3) is 0 Å². The van der Waals surface area contributed by atoms with Crippen LogP contribution >= 0.6 is 0 Å². The van der Waals surface area contributed by atoms with Crippen molar-refractivity contribution in [3.05, 3.63) is 0 Å². The maximum absolute atomic E-state index is 12.4. The first-order chi connectivity index (χ1) is 8.33. The van der Waals surface area contributed by atoms with Crippen LogP contribution in [0.5, 0.6) is 0 Å². The van der Waals surface area contributed by atoms with Gasteiger partial charge in [0.05, 0.1) is 12.6 Å². The number of carbonyl (C=O) groups excluding carboxylic acids is 1. The molecular weight excluding hydrogens is 216 g/mol. The van der Waals surface area contributed by atoms with Crippen LogP contribution in [0.3, 0.4) is 0 Å². The zero-order chi connectivity index (χ0) is 12.1. The normalized spacial score (nSPS) is 26.1. The Morgan fingerprint density at radius 3 is 2.65 bits per heavy atom. The minimum Gasteiger partial charge on any atom is -0.395 e. The van der Waals surface area contributed by atoms with Gasteiger partial charge in [0.15, 0.2) is 0 Å². The molecule has 0 aromatic carbocycles. The number of hydrogen-bond acceptors (Lipinski definition) is 3. The summed E-state index contributed by atoms with van der Waals surface area (Å²) >= 11 is 0. The molecule has 1 amide bonds. The second-order valence-corrected chi connectivity index (χ2v) is 5.20. The summed E-state index contributed by atoms with van der Waals surface area (Å²) < 4.78 is 0. The molecule has 1 aliphatic carbocycles. The standard InChI is InChI=1S/C13H24N2O2/c16-10-9-15(11-5-4-6-11)13(17)12-7-2-1-3-8-14-12/h11-12,14,16H,1-10H2. The van der Waals surface area contributed by atoms with Gasteiger partial charge in [-0.05, 0) is 38.6 Å². The molecule has 0 radical (unpaired) electrons. The lowest BCUT2D eigenvalue weighted by atomic mass is 9.90. The quantitative estimate of drug-likeness (QED) is 0.767. The van der Waals surface area contributed by atoms with Gasteiger partial charge in [-0.3, -0.25) is 4.79 Å². The van der Waals surface area contributed by atoms with Crippen molar-refractivity contribution in [2.24, 2.45) is 0 Å². The van der Waals surface area contributed by atoms with Crippen molar-refractivity contribution < 1.29 is 9.90 Å². The SMILES string of the molecule is O=C(C1CCCCCN1)N(CCO)C1CCC1. The lowest BCUT2D eigenvalue weighted by Gasteiger charge is -2.39. The Labute approximate surface area is 103 Å². The van der Waals surface area contributed by atoms with Crippen LogP contribution in [-0.4, -0.2) is 47.7 Å². The van der Waals surface area contributed by atoms with Gasteiger partial charge in [-0.2, -0.15) is 0 Å². The first-order valence-electron chi connectivity index (χ1n) is 6.97. The zero-order valence-corrected chi connectivity index (χ0v) is 10.5. The summed E-state index contributed by atoms with van der Waals surface area (Å²) in [5.74, 6) is 0.214. The second kappa shape index (κ2) is 6.36. The van der Waals surface area contributed by atoms with Gasteiger partial charge in [0, 0.05) is 12.6 Å². The average molecular weight is 240 g/mol. The lowest BCUT2D eigenvalue weighted by molar-refractivity contribution is -0.138. The number of nitrogens with one attached hydrogen (secondary N) is 1. The van der Waals surface area contributed by atoms with Crippen molar-refractivity contribution in [2.45, 2.75) is 57.0 Å². The number of nitrogens with zero attached hydrogens (tertiary/aromatic N) is 1. The highest BCUT2D eigenvalue weighted by atomic mass is 16.3. The van der Waals surface area contributed by atoms with E-state index in [0.29, 0.717) is 12.6 Å². The van der Waals surface area contributed by atoms with Crippen molar-refractivity contribution in [3.63, 3.8) is 0 Å². The number of rotatable bonds is 4. The number of amides is 1. The van der Waals surface area contributed by atoms with Gasteiger partial charge in [-0.1, -0.05) is 12.8 Å². The van der Waals surface area contributed by atoms with E-state index in [0.717, 1.165) is 32.2 Å². The molecule has 0 bridgehead atoms. The van der Waals surface area contributed by atoms with Crippen LogP contribution in [0.2, 0.25) is 0 Å². The monoisotopic (exact) mass is 240 g/mol. The summed E-state index contributed by atoms with van der Waals surface area (Å²) in [6.07, 6.45) is 7.93. The van der Waals surface area contributed by atoms with Gasteiger partial charge in [-0.15, -0.1) is 0 Å². The third kappa shape index (κ3) is 3.19. The fourth-order valence-electron chi connectivity index (χ4n) is 2.72. The van der Waals surface area contributed by atoms with E-state index in [1.807, 2.05) is 4.90 Å². The summed E-state index contributed by atoms with van der Waals surface area (Å²) in [7, 11) is 0. The number of aliphatic hydroxyl groups is 1. The molecule has 0 spiro atoms. The molecule has 1 heterocycles. The van der Waals surface area contributed by atoms with E-state index in [1.165, 1.54) is 19.3 Å². The van der Waals surface area contributed by atoms with Crippen LogP contribution in [0.4, 0.5) is 0 Å². The van der Waals surface area contributed by atoms with E-state index >= 15 is 0 Å². The predicted molar refractivity (Wildman–Crippen MR) is 66.7 cm³/mol. The topological polar surface area (TPSA) is 52.6 Å². The Morgan fingerprint density at radius 2 is 2.00 bits per heavy atom. The van der Waals surface area contributed by atoms with Crippen LogP contribution in [0.1, 0.15) is 44.9 Å². The molecule has 2 rings (SSSR count). The summed E-state index contributed by atoms with van der Waals surface area (Å²) in [4.78, 5) is 14.3. The van der Waals surface area contributed by atoms with Crippen LogP contribution in [0, 0.1) is 0 Å². The minimum atomic E-state index is -0.00958. The van der Waals surface area contributed by atoms with Gasteiger partial charge in [-0.25, -0.2) is 0 Å². The largest absolute Gasteiger partial charge is 0.395 e. The van der Waals surface area contributed by atoms with Crippen molar-refractivity contribution in [3.8, 4) is 0 Å². The van der Waals surface area contributed by atoms with E-state index < -0.39 is 0 Å². The molecule has 0 aromatic rings. The van der Waals surface area contributed by atoms with Crippen molar-refractivity contribution >= 4 is 5.91 Å². The summed E-state index contributed by atoms with van der Waals surface area (Å²) in [6.45, 7) is 1.53. The molecule has 17 heavy (non-hydrogen) atoms. The highest BCUT2D eigenvalue weighted by Gasteiger charge is 2.32. The molecule has 1 unspecified atom stereocenters. The van der Waals surface area contributed by atoms with E-state index in [-0.39, 0.29) is 18.6 Å². The molecule has 2 aliphatic rings. The van der Waals surface area contributed by atoms with E-state index in [9.17, 15) is 4.79 Å². The van der Waals surface area contributed by atoms with Gasteiger partial charge in [0.1, 0.15) is 0 Å². The number of carbonyl (C=O) groups is 1. The van der Waals surface area contributed by atoms with E-state index in [2.05, 4.69) is 5.32 Å². The van der Waals surface area contributed by atoms with Crippen molar-refractivity contribution in [1.82, 2.24) is 10.2 Å².